The summed E-state index contributed by atoms with van der Waals surface area (Å²) in [5.74, 6) is 0. The van der Waals surface area contributed by atoms with Crippen LogP contribution in [0, 0.1) is 0 Å². The number of nitrogens with two attached hydrogens (primary N) is 1. The molecule has 3 nitrogen and oxygen atoms in total. The minimum Gasteiger partial charge on any atom is -0.328 e. The van der Waals surface area contributed by atoms with Gasteiger partial charge in [0.25, 0.3) is 0 Å². The second-order valence-electron chi connectivity index (χ2n) is 2.17. The fourth-order valence-corrected chi connectivity index (χ4v) is 1.22. The summed E-state index contributed by atoms with van der Waals surface area (Å²) in [7, 11) is 0. The Morgan fingerprint density at radius 3 is 2.78 bits per heavy atom. The van der Waals surface area contributed by atoms with Gasteiger partial charge in [-0.15, -0.1) is 0 Å². The first-order valence-electron chi connectivity index (χ1n) is 2.96. The van der Waals surface area contributed by atoms with Crippen molar-refractivity contribution in [1.82, 2.24) is 5.06 Å². The molecule has 1 aliphatic heterocycles. The van der Waals surface area contributed by atoms with Crippen molar-refractivity contribution in [2.45, 2.75) is 18.9 Å². The van der Waals surface area contributed by atoms with E-state index in [1.165, 1.54) is 0 Å². The van der Waals surface area contributed by atoms with E-state index in [4.69, 9.17) is 23.2 Å². The van der Waals surface area contributed by atoms with E-state index in [1.54, 1.807) is 0 Å². The monoisotopic (exact) mass is 146 g/mol. The summed E-state index contributed by atoms with van der Waals surface area (Å²) in [4.78, 5) is 0.616. The van der Waals surface area contributed by atoms with Crippen LogP contribution in [0.1, 0.15) is 12.8 Å². The average Bonchev–Trinajstić information content (AvgIpc) is 2.15. The molecule has 0 aliphatic carbocycles. The van der Waals surface area contributed by atoms with Gasteiger partial charge in [0.2, 0.25) is 0 Å². The summed E-state index contributed by atoms with van der Waals surface area (Å²) in [6.45, 7) is 0.483. The van der Waals surface area contributed by atoms with Crippen LogP contribution in [-0.2, 0) is 0 Å². The molecule has 1 heterocycles. The summed E-state index contributed by atoms with van der Waals surface area (Å²) in [6.07, 6.45) is 1.69. The van der Waals surface area contributed by atoms with Crippen LogP contribution in [-0.4, -0.2) is 27.8 Å². The first-order chi connectivity index (χ1) is 4.25. The molecule has 1 atom stereocenters. The lowest BCUT2D eigenvalue weighted by atomic mass is 10.2. The molecule has 0 bridgehead atoms. The summed E-state index contributed by atoms with van der Waals surface area (Å²) in [5, 5.41) is 10.2. The van der Waals surface area contributed by atoms with Crippen LogP contribution in [0.25, 0.3) is 0 Å². The van der Waals surface area contributed by atoms with E-state index in [0.717, 1.165) is 17.9 Å². The molecule has 0 radical (unpaired) electrons. The van der Waals surface area contributed by atoms with Crippen LogP contribution in [0.4, 0.5) is 0 Å². The van der Waals surface area contributed by atoms with Crippen molar-refractivity contribution in [3.63, 3.8) is 0 Å². The minimum atomic E-state index is 0.0671. The van der Waals surface area contributed by atoms with Gasteiger partial charge >= 0.3 is 0 Å². The van der Waals surface area contributed by atoms with Gasteiger partial charge in [-0.05, 0) is 6.42 Å². The van der Waals surface area contributed by atoms with E-state index in [0.29, 0.717) is 11.5 Å². The van der Waals surface area contributed by atoms with Crippen molar-refractivity contribution < 1.29 is 5.21 Å². The van der Waals surface area contributed by atoms with E-state index in [2.05, 4.69) is 0 Å². The lowest BCUT2D eigenvalue weighted by Gasteiger charge is -2.16. The third kappa shape index (κ3) is 1.20. The van der Waals surface area contributed by atoms with Gasteiger partial charge in [-0.2, -0.15) is 0 Å². The molecular formula is C5H10N2OS. The quantitative estimate of drug-likeness (QED) is 0.516. The third-order valence-electron chi connectivity index (χ3n) is 1.56. The summed E-state index contributed by atoms with van der Waals surface area (Å²) < 4.78 is 0. The fraction of sp³-hybridized carbons (Fsp3) is 0.800. The Kier molecular flexibility index (Phi) is 2.00. The highest BCUT2D eigenvalue weighted by molar-refractivity contribution is 7.80. The molecule has 1 unspecified atom stereocenters. The van der Waals surface area contributed by atoms with Crippen LogP contribution in [0.3, 0.4) is 0 Å². The fourth-order valence-electron chi connectivity index (χ4n) is 0.948. The maximum atomic E-state index is 9.07. The first kappa shape index (κ1) is 6.92. The molecule has 1 fully saturated rings. The van der Waals surface area contributed by atoms with Crippen molar-refractivity contribution >= 4 is 17.2 Å². The zero-order chi connectivity index (χ0) is 6.85. The maximum Gasteiger partial charge on any atom is 0.104 e. The molecule has 0 amide bonds. The molecule has 1 rings (SSSR count). The first-order valence-corrected chi connectivity index (χ1v) is 3.37. The third-order valence-corrected chi connectivity index (χ3v) is 1.96. The SMILES string of the molecule is NCC1CCC(=S)N1O. The van der Waals surface area contributed by atoms with Crippen LogP contribution in [0.15, 0.2) is 0 Å². The number of nitrogens with zero attached hydrogens (tertiary/aromatic N) is 1. The summed E-state index contributed by atoms with van der Waals surface area (Å²) >= 11 is 4.81. The van der Waals surface area contributed by atoms with Crippen molar-refractivity contribution in [1.29, 1.82) is 0 Å². The van der Waals surface area contributed by atoms with E-state index < -0.39 is 0 Å². The molecule has 0 spiro atoms. The smallest absolute Gasteiger partial charge is 0.104 e. The van der Waals surface area contributed by atoms with Gasteiger partial charge in [-0.1, -0.05) is 12.2 Å². The second kappa shape index (κ2) is 2.60. The Labute approximate surface area is 59.4 Å². The van der Waals surface area contributed by atoms with E-state index >= 15 is 0 Å². The highest BCUT2D eigenvalue weighted by Gasteiger charge is 2.24. The highest BCUT2D eigenvalue weighted by atomic mass is 32.1. The predicted molar refractivity (Wildman–Crippen MR) is 38.3 cm³/mol. The largest absolute Gasteiger partial charge is 0.328 e. The lowest BCUT2D eigenvalue weighted by molar-refractivity contribution is -0.0362. The molecule has 0 aromatic heterocycles. The summed E-state index contributed by atoms with van der Waals surface area (Å²) in [5.41, 5.74) is 5.33. The van der Waals surface area contributed by atoms with Gasteiger partial charge in [0, 0.05) is 13.0 Å². The predicted octanol–water partition coefficient (Wildman–Crippen LogP) is 0.126. The Hall–Kier alpha value is -0.190. The van der Waals surface area contributed by atoms with E-state index in [1.807, 2.05) is 0 Å². The van der Waals surface area contributed by atoms with Crippen molar-refractivity contribution in [3.05, 3.63) is 0 Å². The van der Waals surface area contributed by atoms with E-state index in [-0.39, 0.29) is 6.04 Å². The molecule has 4 heteroatoms. The molecule has 1 aliphatic rings. The zero-order valence-corrected chi connectivity index (χ0v) is 5.90. The normalized spacial score (nSPS) is 27.6. The Bertz CT molecular complexity index is 128. The molecule has 3 N–H and O–H groups in total. The van der Waals surface area contributed by atoms with Crippen molar-refractivity contribution in [3.8, 4) is 0 Å². The molecule has 0 aromatic rings. The Morgan fingerprint density at radius 2 is 2.56 bits per heavy atom. The number of hydrogen-bond donors (Lipinski definition) is 2. The maximum absolute atomic E-state index is 9.07. The minimum absolute atomic E-state index is 0.0671. The van der Waals surface area contributed by atoms with E-state index in [9.17, 15) is 0 Å². The lowest BCUT2D eigenvalue weighted by Crippen LogP contribution is -2.34. The number of hydrogen-bond acceptors (Lipinski definition) is 3. The Morgan fingerprint density at radius 1 is 1.89 bits per heavy atom. The molecule has 1 saturated heterocycles. The van der Waals surface area contributed by atoms with Gasteiger partial charge in [0.15, 0.2) is 0 Å². The van der Waals surface area contributed by atoms with Gasteiger partial charge in [0.1, 0.15) is 4.99 Å². The average molecular weight is 146 g/mol. The summed E-state index contributed by atoms with van der Waals surface area (Å²) in [6, 6.07) is 0.0671. The van der Waals surface area contributed by atoms with Crippen LogP contribution < -0.4 is 5.73 Å². The Balaban J connectivity index is 2.51. The second-order valence-corrected chi connectivity index (χ2v) is 2.64. The van der Waals surface area contributed by atoms with Gasteiger partial charge in [0.05, 0.1) is 6.04 Å². The highest BCUT2D eigenvalue weighted by Crippen LogP contribution is 2.15. The molecule has 52 valence electrons. The number of hydroxylamine groups is 2. The standard InChI is InChI=1S/C5H10N2OS/c6-3-4-1-2-5(9)7(4)8/h4,8H,1-3,6H2. The molecule has 0 saturated carbocycles. The number of thiocarbonyl (C=S) groups is 1. The number of rotatable bonds is 1. The van der Waals surface area contributed by atoms with Crippen LogP contribution in [0.5, 0.6) is 0 Å². The van der Waals surface area contributed by atoms with Gasteiger partial charge in [-0.3, -0.25) is 5.21 Å². The van der Waals surface area contributed by atoms with Crippen LogP contribution in [0.2, 0.25) is 0 Å². The van der Waals surface area contributed by atoms with Gasteiger partial charge in [-0.25, -0.2) is 5.06 Å². The van der Waals surface area contributed by atoms with Gasteiger partial charge < -0.3 is 5.73 Å². The van der Waals surface area contributed by atoms with Crippen molar-refractivity contribution in [2.24, 2.45) is 5.73 Å². The molecule has 9 heavy (non-hydrogen) atoms. The topological polar surface area (TPSA) is 49.5 Å². The zero-order valence-electron chi connectivity index (χ0n) is 5.08. The van der Waals surface area contributed by atoms with Crippen LogP contribution >= 0.6 is 12.2 Å². The molecular weight excluding hydrogens is 136 g/mol. The van der Waals surface area contributed by atoms with Crippen molar-refractivity contribution in [2.75, 3.05) is 6.54 Å². The molecule has 0 aromatic carbocycles.